The lowest BCUT2D eigenvalue weighted by molar-refractivity contribution is 0.0570. The molecule has 2 rings (SSSR count). The van der Waals surface area contributed by atoms with Crippen molar-refractivity contribution >= 4 is 5.78 Å². The Balaban J connectivity index is 2.35. The first kappa shape index (κ1) is 14.3. The molecule has 0 aliphatic carbocycles. The van der Waals surface area contributed by atoms with Gasteiger partial charge in [-0.2, -0.15) is 5.10 Å². The molecule has 4 nitrogen and oxygen atoms in total. The van der Waals surface area contributed by atoms with Gasteiger partial charge in [-0.25, -0.2) is 0 Å². The minimum atomic E-state index is -0.330. The number of hydrogen-bond acceptors (Lipinski definition) is 3. The van der Waals surface area contributed by atoms with Crippen LogP contribution in [0.5, 0.6) is 0 Å². The molecule has 0 aromatic carbocycles. The van der Waals surface area contributed by atoms with Gasteiger partial charge in [0, 0.05) is 12.7 Å². The number of carbonyl (C=O) groups is 1. The molecule has 0 bridgehead atoms. The molecule has 1 aromatic heterocycles. The van der Waals surface area contributed by atoms with Crippen molar-refractivity contribution in [2.75, 3.05) is 13.1 Å². The number of rotatable bonds is 6. The maximum atomic E-state index is 13.1. The zero-order valence-electron chi connectivity index (χ0n) is 12.4. The predicted molar refractivity (Wildman–Crippen MR) is 76.4 cm³/mol. The Bertz CT molecular complexity index is 428. The quantitative estimate of drug-likeness (QED) is 0.741. The summed E-state index contributed by atoms with van der Waals surface area (Å²) >= 11 is 0. The topological polar surface area (TPSA) is 38.1 Å². The van der Waals surface area contributed by atoms with Crippen LogP contribution in [0.1, 0.15) is 56.9 Å². The number of aromatic nitrogens is 2. The second-order valence-corrected chi connectivity index (χ2v) is 5.29. The average Bonchev–Trinajstić information content (AvgIpc) is 3.11. The summed E-state index contributed by atoms with van der Waals surface area (Å²) in [4.78, 5) is 15.4. The van der Waals surface area contributed by atoms with E-state index >= 15 is 0 Å². The maximum Gasteiger partial charge on any atom is 0.200 e. The number of aryl methyl sites for hydroxylation is 1. The first-order valence-electron chi connectivity index (χ1n) is 7.51. The van der Waals surface area contributed by atoms with Gasteiger partial charge in [-0.1, -0.05) is 13.8 Å². The molecular weight excluding hydrogens is 238 g/mol. The lowest BCUT2D eigenvalue weighted by atomic mass is 9.84. The fraction of sp³-hybridized carbons (Fsp3) is 0.733. The van der Waals surface area contributed by atoms with E-state index in [4.69, 9.17) is 0 Å². The summed E-state index contributed by atoms with van der Waals surface area (Å²) in [6.07, 6.45) is 5.90. The lowest BCUT2D eigenvalue weighted by Crippen LogP contribution is -2.53. The number of ketones is 1. The van der Waals surface area contributed by atoms with Crippen molar-refractivity contribution in [3.05, 3.63) is 18.0 Å². The molecule has 1 aliphatic rings. The maximum absolute atomic E-state index is 13.1. The summed E-state index contributed by atoms with van der Waals surface area (Å²) in [7, 11) is 0. The smallest absolute Gasteiger partial charge is 0.200 e. The highest BCUT2D eigenvalue weighted by Gasteiger charge is 2.43. The SMILES string of the molecule is CCn1nccc1C(=O)C(CC)(CC)N1CCCC1. The van der Waals surface area contributed by atoms with Crippen LogP contribution in [-0.2, 0) is 6.54 Å². The van der Waals surface area contributed by atoms with E-state index in [-0.39, 0.29) is 11.3 Å². The van der Waals surface area contributed by atoms with Crippen LogP contribution in [0, 0.1) is 0 Å². The standard InChI is InChI=1S/C15H25N3O/c1-4-15(5-2,17-11-7-8-12-17)14(19)13-9-10-16-18(13)6-3/h9-10H,4-8,11-12H2,1-3H3. The number of likely N-dealkylation sites (tertiary alicyclic amines) is 1. The van der Waals surface area contributed by atoms with Gasteiger partial charge in [0.25, 0.3) is 0 Å². The third-order valence-electron chi connectivity index (χ3n) is 4.55. The second kappa shape index (κ2) is 5.87. The van der Waals surface area contributed by atoms with Crippen LogP contribution in [0.4, 0.5) is 0 Å². The number of nitrogens with zero attached hydrogens (tertiary/aromatic N) is 3. The number of hydrogen-bond donors (Lipinski definition) is 0. The summed E-state index contributed by atoms with van der Waals surface area (Å²) in [5.41, 5.74) is 0.432. The predicted octanol–water partition coefficient (Wildman–Crippen LogP) is 2.74. The van der Waals surface area contributed by atoms with Gasteiger partial charge >= 0.3 is 0 Å². The summed E-state index contributed by atoms with van der Waals surface area (Å²) in [6.45, 7) is 9.14. The number of carbonyl (C=O) groups excluding carboxylic acids is 1. The van der Waals surface area contributed by atoms with Gasteiger partial charge in [0.15, 0.2) is 0 Å². The molecule has 4 heteroatoms. The summed E-state index contributed by atoms with van der Waals surface area (Å²) in [6, 6.07) is 1.86. The highest BCUT2D eigenvalue weighted by Crippen LogP contribution is 2.31. The van der Waals surface area contributed by atoms with Gasteiger partial charge in [-0.3, -0.25) is 14.4 Å². The minimum absolute atomic E-state index is 0.249. The van der Waals surface area contributed by atoms with Crippen molar-refractivity contribution in [3.63, 3.8) is 0 Å². The zero-order valence-corrected chi connectivity index (χ0v) is 12.4. The lowest BCUT2D eigenvalue weighted by Gasteiger charge is -2.39. The third-order valence-corrected chi connectivity index (χ3v) is 4.55. The molecule has 1 aromatic rings. The molecule has 1 saturated heterocycles. The second-order valence-electron chi connectivity index (χ2n) is 5.29. The van der Waals surface area contributed by atoms with Crippen LogP contribution in [-0.4, -0.2) is 39.1 Å². The van der Waals surface area contributed by atoms with Crippen molar-refractivity contribution in [3.8, 4) is 0 Å². The van der Waals surface area contributed by atoms with Crippen molar-refractivity contribution in [2.24, 2.45) is 0 Å². The molecule has 2 heterocycles. The van der Waals surface area contributed by atoms with E-state index in [1.807, 2.05) is 17.7 Å². The summed E-state index contributed by atoms with van der Waals surface area (Å²) in [5.74, 6) is 0.249. The Morgan fingerprint density at radius 1 is 1.26 bits per heavy atom. The molecule has 0 N–H and O–H groups in total. The van der Waals surface area contributed by atoms with E-state index in [0.717, 1.165) is 38.2 Å². The monoisotopic (exact) mass is 263 g/mol. The summed E-state index contributed by atoms with van der Waals surface area (Å²) < 4.78 is 1.82. The molecule has 1 aliphatic heterocycles. The minimum Gasteiger partial charge on any atom is -0.291 e. The van der Waals surface area contributed by atoms with E-state index < -0.39 is 0 Å². The van der Waals surface area contributed by atoms with E-state index in [0.29, 0.717) is 0 Å². The van der Waals surface area contributed by atoms with Crippen LogP contribution in [0.2, 0.25) is 0 Å². The van der Waals surface area contributed by atoms with Crippen LogP contribution in [0.25, 0.3) is 0 Å². The highest BCUT2D eigenvalue weighted by molar-refractivity contribution is 6.01. The molecule has 0 radical (unpaired) electrons. The fourth-order valence-electron chi connectivity index (χ4n) is 3.32. The van der Waals surface area contributed by atoms with Crippen LogP contribution < -0.4 is 0 Å². The van der Waals surface area contributed by atoms with Crippen molar-refractivity contribution in [1.82, 2.24) is 14.7 Å². The Labute approximate surface area is 115 Å². The molecule has 0 unspecified atom stereocenters. The molecule has 0 saturated carbocycles. The molecule has 0 atom stereocenters. The van der Waals surface area contributed by atoms with Gasteiger partial charge in [-0.15, -0.1) is 0 Å². The van der Waals surface area contributed by atoms with Crippen molar-refractivity contribution < 1.29 is 4.79 Å². The normalized spacial score (nSPS) is 17.0. The highest BCUT2D eigenvalue weighted by atomic mass is 16.1. The van der Waals surface area contributed by atoms with E-state index in [1.54, 1.807) is 6.20 Å². The summed E-state index contributed by atoms with van der Waals surface area (Å²) in [5, 5.41) is 4.24. The zero-order chi connectivity index (χ0) is 13.9. The van der Waals surface area contributed by atoms with Gasteiger partial charge < -0.3 is 0 Å². The van der Waals surface area contributed by atoms with E-state index in [2.05, 4.69) is 23.8 Å². The van der Waals surface area contributed by atoms with Crippen molar-refractivity contribution in [2.45, 2.75) is 58.5 Å². The Morgan fingerprint density at radius 2 is 1.89 bits per heavy atom. The molecule has 1 fully saturated rings. The van der Waals surface area contributed by atoms with Crippen molar-refractivity contribution in [1.29, 1.82) is 0 Å². The average molecular weight is 263 g/mol. The van der Waals surface area contributed by atoms with Gasteiger partial charge in [0.05, 0.1) is 5.54 Å². The van der Waals surface area contributed by atoms with Crippen LogP contribution in [0.15, 0.2) is 12.3 Å². The molecule has 0 spiro atoms. The Kier molecular flexibility index (Phi) is 4.40. The number of Topliss-reactive ketones (excluding diaryl/α,β-unsaturated/α-hetero) is 1. The molecule has 0 amide bonds. The first-order valence-corrected chi connectivity index (χ1v) is 7.51. The Morgan fingerprint density at radius 3 is 2.42 bits per heavy atom. The van der Waals surface area contributed by atoms with Crippen LogP contribution >= 0.6 is 0 Å². The van der Waals surface area contributed by atoms with Gasteiger partial charge in [0.1, 0.15) is 5.69 Å². The largest absolute Gasteiger partial charge is 0.291 e. The van der Waals surface area contributed by atoms with Crippen LogP contribution in [0.3, 0.4) is 0 Å². The van der Waals surface area contributed by atoms with Gasteiger partial charge in [0.2, 0.25) is 5.78 Å². The third kappa shape index (κ3) is 2.34. The Hall–Kier alpha value is -1.16. The van der Waals surface area contributed by atoms with E-state index in [1.165, 1.54) is 12.8 Å². The fourth-order valence-corrected chi connectivity index (χ4v) is 3.32. The van der Waals surface area contributed by atoms with Gasteiger partial charge in [-0.05, 0) is 51.8 Å². The first-order chi connectivity index (χ1) is 9.19. The molecular formula is C15H25N3O. The molecule has 19 heavy (non-hydrogen) atoms. The van der Waals surface area contributed by atoms with E-state index in [9.17, 15) is 4.79 Å². The molecule has 106 valence electrons.